The molecule has 0 saturated heterocycles. The largest absolute Gasteiger partial charge is 0.486 e. The molecule has 28 heavy (non-hydrogen) atoms. The Bertz CT molecular complexity index is 947. The van der Waals surface area contributed by atoms with Crippen LogP contribution in [-0.2, 0) is 13.2 Å². The van der Waals surface area contributed by atoms with Gasteiger partial charge in [-0.1, -0.05) is 46.6 Å². The Morgan fingerprint density at radius 2 is 2.07 bits per heavy atom. The minimum Gasteiger partial charge on any atom is -0.486 e. The summed E-state index contributed by atoms with van der Waals surface area (Å²) in [5.74, 6) is 0.717. The van der Waals surface area contributed by atoms with Crippen LogP contribution in [0.25, 0.3) is 0 Å². The molecular weight excluding hydrogens is 460 g/mol. The number of nitrogens with zero attached hydrogens (tertiary/aromatic N) is 2. The highest BCUT2D eigenvalue weighted by Gasteiger charge is 2.17. The summed E-state index contributed by atoms with van der Waals surface area (Å²) in [4.78, 5) is 19.3. The van der Waals surface area contributed by atoms with Crippen LogP contribution >= 0.6 is 38.9 Å². The van der Waals surface area contributed by atoms with E-state index >= 15 is 0 Å². The van der Waals surface area contributed by atoms with E-state index in [1.807, 2.05) is 46.7 Å². The van der Waals surface area contributed by atoms with Crippen molar-refractivity contribution in [1.82, 2.24) is 9.88 Å². The van der Waals surface area contributed by atoms with E-state index in [0.717, 1.165) is 21.6 Å². The maximum Gasteiger partial charge on any atom is 0.254 e. The van der Waals surface area contributed by atoms with Crippen molar-refractivity contribution in [2.24, 2.45) is 0 Å². The van der Waals surface area contributed by atoms with Gasteiger partial charge in [-0.3, -0.25) is 4.79 Å². The summed E-state index contributed by atoms with van der Waals surface area (Å²) < 4.78 is 6.64. The number of thiazole rings is 1. The number of benzene rings is 2. The van der Waals surface area contributed by atoms with Gasteiger partial charge in [-0.05, 0) is 42.8 Å². The Kier molecular flexibility index (Phi) is 7.48. The van der Waals surface area contributed by atoms with E-state index in [0.29, 0.717) is 36.0 Å². The second-order valence-corrected chi connectivity index (χ2v) is 8.51. The molecule has 0 fully saturated rings. The van der Waals surface area contributed by atoms with Gasteiger partial charge in [-0.15, -0.1) is 11.3 Å². The molecule has 0 radical (unpaired) electrons. The summed E-state index contributed by atoms with van der Waals surface area (Å²) in [6.45, 7) is 3.59. The summed E-state index contributed by atoms with van der Waals surface area (Å²) >= 11 is 10.9. The van der Waals surface area contributed by atoms with Gasteiger partial charge in [-0.25, -0.2) is 4.98 Å². The van der Waals surface area contributed by atoms with Crippen molar-refractivity contribution in [2.45, 2.75) is 26.5 Å². The number of hydrogen-bond acceptors (Lipinski definition) is 4. The van der Waals surface area contributed by atoms with Crippen molar-refractivity contribution in [3.63, 3.8) is 0 Å². The zero-order chi connectivity index (χ0) is 19.9. The molecule has 0 N–H and O–H groups in total. The lowest BCUT2D eigenvalue weighted by Gasteiger charge is -2.21. The quantitative estimate of drug-likeness (QED) is 0.387. The third-order valence-electron chi connectivity index (χ3n) is 3.96. The lowest BCUT2D eigenvalue weighted by molar-refractivity contribution is 0.0741. The van der Waals surface area contributed by atoms with Crippen LogP contribution in [0, 0.1) is 0 Å². The van der Waals surface area contributed by atoms with Crippen LogP contribution in [0.2, 0.25) is 5.02 Å². The van der Waals surface area contributed by atoms with Crippen LogP contribution in [0.1, 0.15) is 34.4 Å². The van der Waals surface area contributed by atoms with Crippen molar-refractivity contribution in [1.29, 1.82) is 0 Å². The average Bonchev–Trinajstić information content (AvgIpc) is 3.13. The molecule has 3 aromatic rings. The number of aromatic nitrogens is 1. The highest BCUT2D eigenvalue weighted by atomic mass is 79.9. The lowest BCUT2D eigenvalue weighted by atomic mass is 10.2. The normalized spacial score (nSPS) is 10.7. The molecule has 7 heteroatoms. The minimum atomic E-state index is 0.00729. The molecule has 1 amide bonds. The zero-order valence-electron chi connectivity index (χ0n) is 15.4. The van der Waals surface area contributed by atoms with E-state index in [-0.39, 0.29) is 5.91 Å². The number of rotatable bonds is 8. The van der Waals surface area contributed by atoms with Gasteiger partial charge in [0.05, 0.1) is 12.2 Å². The van der Waals surface area contributed by atoms with E-state index < -0.39 is 0 Å². The molecule has 1 aromatic heterocycles. The Labute approximate surface area is 182 Å². The Hall–Kier alpha value is -1.89. The van der Waals surface area contributed by atoms with Gasteiger partial charge < -0.3 is 9.64 Å². The third kappa shape index (κ3) is 5.80. The van der Waals surface area contributed by atoms with E-state index in [1.165, 1.54) is 11.3 Å². The molecule has 2 aromatic carbocycles. The summed E-state index contributed by atoms with van der Waals surface area (Å²) in [5, 5.41) is 3.48. The first-order valence-corrected chi connectivity index (χ1v) is 11.0. The first-order chi connectivity index (χ1) is 13.5. The van der Waals surface area contributed by atoms with Crippen molar-refractivity contribution in [3.05, 3.63) is 79.7 Å². The summed E-state index contributed by atoms with van der Waals surface area (Å²) in [5.41, 5.74) is 1.54. The number of carbonyl (C=O) groups excluding carboxylic acids is 1. The standard InChI is InChI=1S/C21H20BrClN2O2S/c1-2-9-25(21(26)15-5-3-6-16(22)10-15)12-18-14-28-20(24-18)13-27-19-8-4-7-17(23)11-19/h3-8,10-11,14H,2,9,12-13H2,1H3. The zero-order valence-corrected chi connectivity index (χ0v) is 18.6. The number of ether oxygens (including phenoxy) is 1. The molecule has 0 aliphatic carbocycles. The molecule has 0 unspecified atom stereocenters. The lowest BCUT2D eigenvalue weighted by Crippen LogP contribution is -2.31. The predicted octanol–water partition coefficient (Wildman–Crippen LogP) is 6.19. The van der Waals surface area contributed by atoms with Crippen LogP contribution < -0.4 is 4.74 Å². The Morgan fingerprint density at radius 1 is 1.25 bits per heavy atom. The van der Waals surface area contributed by atoms with Gasteiger partial charge in [0, 0.05) is 27.0 Å². The second-order valence-electron chi connectivity index (χ2n) is 6.22. The summed E-state index contributed by atoms with van der Waals surface area (Å²) in [7, 11) is 0. The minimum absolute atomic E-state index is 0.00729. The summed E-state index contributed by atoms with van der Waals surface area (Å²) in [6, 6.07) is 14.7. The fourth-order valence-electron chi connectivity index (χ4n) is 2.71. The highest BCUT2D eigenvalue weighted by molar-refractivity contribution is 9.10. The first-order valence-electron chi connectivity index (χ1n) is 8.91. The monoisotopic (exact) mass is 478 g/mol. The molecule has 4 nitrogen and oxygen atoms in total. The second kappa shape index (κ2) is 10.0. The van der Waals surface area contributed by atoms with Crippen molar-refractivity contribution in [3.8, 4) is 5.75 Å². The van der Waals surface area contributed by atoms with E-state index in [4.69, 9.17) is 16.3 Å². The van der Waals surface area contributed by atoms with Crippen LogP contribution in [0.4, 0.5) is 0 Å². The topological polar surface area (TPSA) is 42.4 Å². The van der Waals surface area contributed by atoms with E-state index in [9.17, 15) is 4.79 Å². The predicted molar refractivity (Wildman–Crippen MR) is 117 cm³/mol. The SMILES string of the molecule is CCCN(Cc1csc(COc2cccc(Cl)c2)n1)C(=O)c1cccc(Br)c1. The molecule has 0 bridgehead atoms. The molecule has 0 atom stereocenters. The number of halogens is 2. The highest BCUT2D eigenvalue weighted by Crippen LogP contribution is 2.20. The number of amides is 1. The fourth-order valence-corrected chi connectivity index (χ4v) is 3.99. The van der Waals surface area contributed by atoms with Gasteiger partial charge in [-0.2, -0.15) is 0 Å². The fraction of sp³-hybridized carbons (Fsp3) is 0.238. The third-order valence-corrected chi connectivity index (χ3v) is 5.56. The molecule has 0 aliphatic rings. The molecule has 3 rings (SSSR count). The van der Waals surface area contributed by atoms with Crippen molar-refractivity contribution in [2.75, 3.05) is 6.54 Å². The van der Waals surface area contributed by atoms with Crippen molar-refractivity contribution >= 4 is 44.8 Å². The molecule has 146 valence electrons. The molecule has 0 spiro atoms. The van der Waals surface area contributed by atoms with E-state index in [1.54, 1.807) is 12.1 Å². The molecule has 1 heterocycles. The number of carbonyl (C=O) groups is 1. The van der Waals surface area contributed by atoms with Gasteiger partial charge >= 0.3 is 0 Å². The number of hydrogen-bond donors (Lipinski definition) is 0. The van der Waals surface area contributed by atoms with Gasteiger partial charge in [0.15, 0.2) is 0 Å². The van der Waals surface area contributed by atoms with Crippen LogP contribution in [0.5, 0.6) is 5.75 Å². The molecule has 0 aliphatic heterocycles. The maximum absolute atomic E-state index is 12.9. The molecular formula is C21H20BrClN2O2S. The smallest absolute Gasteiger partial charge is 0.254 e. The molecule has 0 saturated carbocycles. The summed E-state index contributed by atoms with van der Waals surface area (Å²) in [6.07, 6.45) is 0.884. The Morgan fingerprint density at radius 3 is 2.82 bits per heavy atom. The van der Waals surface area contributed by atoms with Crippen molar-refractivity contribution < 1.29 is 9.53 Å². The van der Waals surface area contributed by atoms with Crippen LogP contribution in [-0.4, -0.2) is 22.3 Å². The van der Waals surface area contributed by atoms with Gasteiger partial charge in [0.1, 0.15) is 17.4 Å². The van der Waals surface area contributed by atoms with Gasteiger partial charge in [0.25, 0.3) is 5.91 Å². The van der Waals surface area contributed by atoms with E-state index in [2.05, 4.69) is 27.8 Å². The van der Waals surface area contributed by atoms with Crippen LogP contribution in [0.3, 0.4) is 0 Å². The maximum atomic E-state index is 12.9. The van der Waals surface area contributed by atoms with Crippen LogP contribution in [0.15, 0.2) is 58.4 Å². The first kappa shape index (κ1) is 20.8. The van der Waals surface area contributed by atoms with Gasteiger partial charge in [0.2, 0.25) is 0 Å². The average molecular weight is 480 g/mol. The Balaban J connectivity index is 1.64.